The van der Waals surface area contributed by atoms with E-state index in [1.54, 1.807) is 6.40 Å². The van der Waals surface area contributed by atoms with Gasteiger partial charge in [-0.05, 0) is 12.8 Å². The van der Waals surface area contributed by atoms with Gasteiger partial charge in [0.2, 0.25) is 0 Å². The summed E-state index contributed by atoms with van der Waals surface area (Å²) in [4.78, 5) is 0. The van der Waals surface area contributed by atoms with Crippen molar-refractivity contribution in [2.75, 3.05) is 14.1 Å². The highest BCUT2D eigenvalue weighted by Crippen LogP contribution is 2.06. The molecule has 0 N–H and O–H groups in total. The smallest absolute Gasteiger partial charge is 0.323 e. The summed E-state index contributed by atoms with van der Waals surface area (Å²) in [5.41, 5.74) is 0. The van der Waals surface area contributed by atoms with Crippen LogP contribution in [0.25, 0.3) is 0 Å². The third-order valence-electron chi connectivity index (χ3n) is 1.80. The molecule has 0 saturated heterocycles. The van der Waals surface area contributed by atoms with Crippen LogP contribution in [-0.2, 0) is 4.74 Å². The van der Waals surface area contributed by atoms with Gasteiger partial charge in [-0.25, -0.2) is 4.58 Å². The number of unbranched alkanes of at least 4 members (excludes halogenated alkanes) is 1. The number of hydrogen-bond acceptors (Lipinski definition) is 1. The Morgan fingerprint density at radius 1 is 1.31 bits per heavy atom. The fourth-order valence-electron chi connectivity index (χ4n) is 1.01. The maximum Gasteiger partial charge on any atom is 0.323 e. The zero-order valence-corrected chi connectivity index (χ0v) is 9.97. The Hall–Kier alpha value is -0.240. The first-order valence-corrected chi connectivity index (χ1v) is 4.85. The van der Waals surface area contributed by atoms with E-state index in [4.69, 9.17) is 4.74 Å². The quantitative estimate of drug-likeness (QED) is 0.318. The molecule has 1 atom stereocenters. The van der Waals surface area contributed by atoms with Gasteiger partial charge >= 0.3 is 6.40 Å². The highest BCUT2D eigenvalue weighted by atomic mass is 35.5. The summed E-state index contributed by atoms with van der Waals surface area (Å²) in [5.74, 6) is 0. The summed E-state index contributed by atoms with van der Waals surface area (Å²) >= 11 is 0. The standard InChI is InChI=1S/C10H22NO.ClH/c1-5-7-8-10(6-2)12-9-11(3)4;/h9-10H,5-8H2,1-4H3;1H/q+1;/p-1. The molecule has 3 heteroatoms. The first kappa shape index (κ1) is 15.2. The molecule has 0 saturated carbocycles. The zero-order valence-electron chi connectivity index (χ0n) is 9.22. The lowest BCUT2D eigenvalue weighted by Gasteiger charge is -2.11. The Balaban J connectivity index is 0. The predicted octanol–water partition coefficient (Wildman–Crippen LogP) is -0.724. The van der Waals surface area contributed by atoms with E-state index < -0.39 is 0 Å². The van der Waals surface area contributed by atoms with Crippen LogP contribution in [0.5, 0.6) is 0 Å². The molecular formula is C10H22ClNO. The number of nitrogens with zero attached hydrogens (tertiary/aromatic N) is 1. The molecule has 0 spiro atoms. The van der Waals surface area contributed by atoms with Crippen LogP contribution in [0, 0.1) is 0 Å². The van der Waals surface area contributed by atoms with E-state index in [1.807, 2.05) is 18.7 Å². The van der Waals surface area contributed by atoms with Gasteiger partial charge in [0, 0.05) is 0 Å². The van der Waals surface area contributed by atoms with Crippen LogP contribution in [0.15, 0.2) is 0 Å². The maximum absolute atomic E-state index is 5.56. The summed E-state index contributed by atoms with van der Waals surface area (Å²) in [6.45, 7) is 4.38. The third-order valence-corrected chi connectivity index (χ3v) is 1.80. The van der Waals surface area contributed by atoms with Crippen LogP contribution >= 0.6 is 0 Å². The number of ether oxygens (including phenoxy) is 1. The van der Waals surface area contributed by atoms with Gasteiger partial charge in [0.25, 0.3) is 0 Å². The minimum Gasteiger partial charge on any atom is -1.00 e. The molecule has 80 valence electrons. The molecule has 0 bridgehead atoms. The van der Waals surface area contributed by atoms with Crippen LogP contribution < -0.4 is 12.4 Å². The van der Waals surface area contributed by atoms with E-state index in [-0.39, 0.29) is 12.4 Å². The summed E-state index contributed by atoms with van der Waals surface area (Å²) < 4.78 is 7.49. The van der Waals surface area contributed by atoms with Crippen molar-refractivity contribution in [2.45, 2.75) is 45.6 Å². The number of halogens is 1. The van der Waals surface area contributed by atoms with E-state index in [1.165, 1.54) is 19.3 Å². The van der Waals surface area contributed by atoms with Crippen molar-refractivity contribution >= 4 is 6.40 Å². The highest BCUT2D eigenvalue weighted by Gasteiger charge is 2.05. The molecule has 0 amide bonds. The lowest BCUT2D eigenvalue weighted by Crippen LogP contribution is -3.00. The van der Waals surface area contributed by atoms with Crippen molar-refractivity contribution in [1.29, 1.82) is 0 Å². The number of rotatable bonds is 6. The zero-order chi connectivity index (χ0) is 9.40. The van der Waals surface area contributed by atoms with Crippen molar-refractivity contribution in [3.05, 3.63) is 0 Å². The van der Waals surface area contributed by atoms with Crippen molar-refractivity contribution in [3.8, 4) is 0 Å². The fourth-order valence-corrected chi connectivity index (χ4v) is 1.01. The fraction of sp³-hybridized carbons (Fsp3) is 0.900. The Bertz CT molecular complexity index is 133. The normalized spacial score (nSPS) is 11.4. The molecule has 0 aromatic heterocycles. The molecule has 1 unspecified atom stereocenters. The third kappa shape index (κ3) is 9.68. The molecule has 0 aromatic carbocycles. The van der Waals surface area contributed by atoms with Crippen LogP contribution in [0.3, 0.4) is 0 Å². The van der Waals surface area contributed by atoms with Gasteiger partial charge < -0.3 is 17.1 Å². The molecule has 2 nitrogen and oxygen atoms in total. The molecule has 0 aliphatic rings. The van der Waals surface area contributed by atoms with Gasteiger partial charge in [-0.2, -0.15) is 0 Å². The highest BCUT2D eigenvalue weighted by molar-refractivity contribution is 5.39. The van der Waals surface area contributed by atoms with E-state index in [2.05, 4.69) is 13.8 Å². The van der Waals surface area contributed by atoms with Gasteiger partial charge in [-0.15, -0.1) is 0 Å². The first-order valence-electron chi connectivity index (χ1n) is 4.85. The van der Waals surface area contributed by atoms with Gasteiger partial charge in [0.05, 0.1) is 0 Å². The van der Waals surface area contributed by atoms with E-state index in [9.17, 15) is 0 Å². The predicted molar refractivity (Wildman–Crippen MR) is 52.9 cm³/mol. The van der Waals surface area contributed by atoms with Crippen molar-refractivity contribution < 1.29 is 21.7 Å². The number of hydrogen-bond donors (Lipinski definition) is 0. The average Bonchev–Trinajstić information content (AvgIpc) is 2.05. The topological polar surface area (TPSA) is 12.2 Å². The van der Waals surface area contributed by atoms with Crippen molar-refractivity contribution in [2.24, 2.45) is 0 Å². The Labute approximate surface area is 88.4 Å². The minimum atomic E-state index is 0. The second kappa shape index (κ2) is 9.85. The van der Waals surface area contributed by atoms with Crippen LogP contribution in [0.2, 0.25) is 0 Å². The second-order valence-electron chi connectivity index (χ2n) is 3.38. The molecule has 13 heavy (non-hydrogen) atoms. The molecule has 0 fully saturated rings. The van der Waals surface area contributed by atoms with Gasteiger partial charge in [-0.1, -0.05) is 26.7 Å². The van der Waals surface area contributed by atoms with Gasteiger partial charge in [-0.3, -0.25) is 0 Å². The lowest BCUT2D eigenvalue weighted by molar-refractivity contribution is -0.469. The maximum atomic E-state index is 5.56. The summed E-state index contributed by atoms with van der Waals surface area (Å²) in [7, 11) is 3.96. The average molecular weight is 208 g/mol. The van der Waals surface area contributed by atoms with E-state index >= 15 is 0 Å². The molecule has 0 aromatic rings. The second-order valence-corrected chi connectivity index (χ2v) is 3.38. The van der Waals surface area contributed by atoms with E-state index in [0.717, 1.165) is 6.42 Å². The largest absolute Gasteiger partial charge is 1.00 e. The summed E-state index contributed by atoms with van der Waals surface area (Å²) in [6.07, 6.45) is 7.00. The van der Waals surface area contributed by atoms with Crippen LogP contribution in [-0.4, -0.2) is 31.2 Å². The Kier molecular flexibility index (Phi) is 11.5. The molecule has 0 rings (SSSR count). The molecule has 0 heterocycles. The monoisotopic (exact) mass is 207 g/mol. The molecule has 0 aliphatic heterocycles. The molecule has 0 aliphatic carbocycles. The lowest BCUT2D eigenvalue weighted by atomic mass is 10.1. The van der Waals surface area contributed by atoms with Crippen molar-refractivity contribution in [1.82, 2.24) is 0 Å². The van der Waals surface area contributed by atoms with E-state index in [0.29, 0.717) is 6.10 Å². The van der Waals surface area contributed by atoms with Gasteiger partial charge in [0.1, 0.15) is 20.2 Å². The summed E-state index contributed by atoms with van der Waals surface area (Å²) in [6, 6.07) is 0. The SMILES string of the molecule is CCCCC(CC)OC=[N+](C)C.[Cl-]. The minimum absolute atomic E-state index is 0. The van der Waals surface area contributed by atoms with Crippen molar-refractivity contribution in [3.63, 3.8) is 0 Å². The van der Waals surface area contributed by atoms with Gasteiger partial charge in [0.15, 0.2) is 0 Å². The molecular weight excluding hydrogens is 186 g/mol. The van der Waals surface area contributed by atoms with Crippen LogP contribution in [0.4, 0.5) is 0 Å². The Morgan fingerprint density at radius 2 is 1.92 bits per heavy atom. The first-order chi connectivity index (χ1) is 5.70. The Morgan fingerprint density at radius 3 is 2.31 bits per heavy atom. The summed E-state index contributed by atoms with van der Waals surface area (Å²) in [5, 5.41) is 0. The van der Waals surface area contributed by atoms with Crippen LogP contribution in [0.1, 0.15) is 39.5 Å². The molecule has 0 radical (unpaired) electrons.